The number of carboxylic acid groups (broad SMARTS) is 1. The lowest BCUT2D eigenvalue weighted by Gasteiger charge is -1.95. The highest BCUT2D eigenvalue weighted by molar-refractivity contribution is 5.92. The van der Waals surface area contributed by atoms with Crippen molar-refractivity contribution in [1.82, 2.24) is 9.97 Å². The third-order valence-corrected chi connectivity index (χ3v) is 1.74. The van der Waals surface area contributed by atoms with E-state index < -0.39 is 11.8 Å². The number of nitrogens with one attached hydrogen (secondary N) is 1. The maximum atomic E-state index is 13.0. The molecule has 1 aromatic carbocycles. The zero-order valence-electron chi connectivity index (χ0n) is 6.41. The number of hydrogen-bond acceptors (Lipinski definition) is 2. The van der Waals surface area contributed by atoms with Gasteiger partial charge in [-0.15, -0.1) is 0 Å². The van der Waals surface area contributed by atoms with Crippen molar-refractivity contribution in [3.8, 4) is 0 Å². The highest BCUT2D eigenvalue weighted by Crippen LogP contribution is 2.15. The van der Waals surface area contributed by atoms with Crippen LogP contribution in [0.2, 0.25) is 0 Å². The number of aromatic nitrogens is 2. The Labute approximate surface area is 72.0 Å². The fraction of sp³-hybridized carbons (Fsp3) is 0. The minimum Gasteiger partial charge on any atom is -0.478 e. The number of nitrogens with zero attached hydrogens (tertiary/aromatic N) is 1. The summed E-state index contributed by atoms with van der Waals surface area (Å²) >= 11 is 0. The van der Waals surface area contributed by atoms with E-state index in [2.05, 4.69) is 9.97 Å². The van der Waals surface area contributed by atoms with Crippen molar-refractivity contribution in [2.75, 3.05) is 0 Å². The summed E-state index contributed by atoms with van der Waals surface area (Å²) in [7, 11) is 0. The van der Waals surface area contributed by atoms with Crippen LogP contribution in [0.1, 0.15) is 10.4 Å². The summed E-state index contributed by atoms with van der Waals surface area (Å²) in [6, 6.07) is 2.31. The summed E-state index contributed by atoms with van der Waals surface area (Å²) in [5.41, 5.74) is 0.570. The second kappa shape index (κ2) is 2.55. The molecule has 0 radical (unpaired) electrons. The molecule has 0 bridgehead atoms. The highest BCUT2D eigenvalue weighted by atomic mass is 19.1. The SMILES string of the molecule is O=C(O)c1cc2nc[nH]c2cc1F. The molecule has 2 aromatic rings. The fourth-order valence-corrected chi connectivity index (χ4v) is 1.12. The number of carboxylic acids is 1. The zero-order valence-corrected chi connectivity index (χ0v) is 6.41. The van der Waals surface area contributed by atoms with Gasteiger partial charge in [-0.25, -0.2) is 14.2 Å². The van der Waals surface area contributed by atoms with Crippen molar-refractivity contribution in [1.29, 1.82) is 0 Å². The van der Waals surface area contributed by atoms with Crippen LogP contribution in [0.4, 0.5) is 4.39 Å². The Kier molecular flexibility index (Phi) is 1.51. The Balaban J connectivity index is 2.76. The van der Waals surface area contributed by atoms with Crippen molar-refractivity contribution in [3.63, 3.8) is 0 Å². The second-order valence-electron chi connectivity index (χ2n) is 2.56. The van der Waals surface area contributed by atoms with Gasteiger partial charge in [-0.1, -0.05) is 0 Å². The van der Waals surface area contributed by atoms with Gasteiger partial charge in [-0.05, 0) is 6.07 Å². The Bertz CT molecular complexity index is 478. The van der Waals surface area contributed by atoms with Crippen molar-refractivity contribution >= 4 is 17.0 Å². The summed E-state index contributed by atoms with van der Waals surface area (Å²) in [6.07, 6.45) is 1.38. The Hall–Kier alpha value is -1.91. The summed E-state index contributed by atoms with van der Waals surface area (Å²) in [4.78, 5) is 17.0. The van der Waals surface area contributed by atoms with E-state index in [0.717, 1.165) is 6.07 Å². The van der Waals surface area contributed by atoms with Crippen molar-refractivity contribution in [2.24, 2.45) is 0 Å². The van der Waals surface area contributed by atoms with Gasteiger partial charge in [0.1, 0.15) is 5.82 Å². The van der Waals surface area contributed by atoms with Crippen LogP contribution < -0.4 is 0 Å². The lowest BCUT2D eigenvalue weighted by molar-refractivity contribution is 0.0692. The van der Waals surface area contributed by atoms with E-state index in [4.69, 9.17) is 5.11 Å². The third kappa shape index (κ3) is 1.14. The van der Waals surface area contributed by atoms with E-state index in [1.807, 2.05) is 0 Å². The van der Waals surface area contributed by atoms with Crippen LogP contribution in [-0.2, 0) is 0 Å². The van der Waals surface area contributed by atoms with Gasteiger partial charge in [-0.2, -0.15) is 0 Å². The standard InChI is InChI=1S/C8H5FN2O2/c9-5-2-7-6(10-3-11-7)1-4(5)8(12)13/h1-3H,(H,10,11)(H,12,13). The number of carbonyl (C=O) groups is 1. The molecule has 5 heteroatoms. The highest BCUT2D eigenvalue weighted by Gasteiger charge is 2.11. The summed E-state index contributed by atoms with van der Waals surface area (Å²) in [5, 5.41) is 8.58. The van der Waals surface area contributed by atoms with Gasteiger partial charge in [0.25, 0.3) is 0 Å². The molecule has 13 heavy (non-hydrogen) atoms. The Morgan fingerprint density at radius 1 is 1.54 bits per heavy atom. The zero-order chi connectivity index (χ0) is 9.42. The number of rotatable bonds is 1. The van der Waals surface area contributed by atoms with E-state index in [1.54, 1.807) is 0 Å². The molecule has 2 N–H and O–H groups in total. The number of halogens is 1. The molecule has 0 fully saturated rings. The minimum atomic E-state index is -1.29. The third-order valence-electron chi connectivity index (χ3n) is 1.74. The van der Waals surface area contributed by atoms with Crippen LogP contribution in [0.5, 0.6) is 0 Å². The first-order chi connectivity index (χ1) is 6.18. The average molecular weight is 180 g/mol. The van der Waals surface area contributed by atoms with E-state index in [0.29, 0.717) is 11.0 Å². The molecule has 0 saturated heterocycles. The van der Waals surface area contributed by atoms with Crippen LogP contribution in [0.25, 0.3) is 11.0 Å². The molecule has 66 valence electrons. The Morgan fingerprint density at radius 2 is 2.31 bits per heavy atom. The fourth-order valence-electron chi connectivity index (χ4n) is 1.12. The first-order valence-electron chi connectivity index (χ1n) is 3.54. The van der Waals surface area contributed by atoms with Crippen LogP contribution >= 0.6 is 0 Å². The normalized spacial score (nSPS) is 10.5. The van der Waals surface area contributed by atoms with Crippen LogP contribution in [-0.4, -0.2) is 21.0 Å². The van der Waals surface area contributed by atoms with Gasteiger partial charge in [0.2, 0.25) is 0 Å². The maximum absolute atomic E-state index is 13.0. The first-order valence-corrected chi connectivity index (χ1v) is 3.54. The molecule has 0 atom stereocenters. The topological polar surface area (TPSA) is 66.0 Å². The van der Waals surface area contributed by atoms with Crippen molar-refractivity contribution in [3.05, 3.63) is 29.8 Å². The molecule has 0 spiro atoms. The number of imidazole rings is 1. The average Bonchev–Trinajstić information content (AvgIpc) is 2.48. The number of fused-ring (bicyclic) bond motifs is 1. The van der Waals surface area contributed by atoms with Crippen LogP contribution in [0.3, 0.4) is 0 Å². The van der Waals surface area contributed by atoms with Crippen molar-refractivity contribution < 1.29 is 14.3 Å². The van der Waals surface area contributed by atoms with Gasteiger partial charge in [0.15, 0.2) is 0 Å². The van der Waals surface area contributed by atoms with E-state index in [-0.39, 0.29) is 5.56 Å². The number of aromatic carboxylic acids is 1. The predicted molar refractivity (Wildman–Crippen MR) is 43.0 cm³/mol. The van der Waals surface area contributed by atoms with Crippen LogP contribution in [0, 0.1) is 5.82 Å². The Morgan fingerprint density at radius 3 is 3.00 bits per heavy atom. The van der Waals surface area contributed by atoms with Gasteiger partial charge >= 0.3 is 5.97 Å². The molecule has 0 unspecified atom stereocenters. The van der Waals surface area contributed by atoms with Gasteiger partial charge in [0.05, 0.1) is 22.9 Å². The molecule has 0 aliphatic carbocycles. The lowest BCUT2D eigenvalue weighted by atomic mass is 10.2. The first kappa shape index (κ1) is 7.72. The quantitative estimate of drug-likeness (QED) is 0.697. The molecular formula is C8H5FN2O2. The van der Waals surface area contributed by atoms with Crippen molar-refractivity contribution in [2.45, 2.75) is 0 Å². The second-order valence-corrected chi connectivity index (χ2v) is 2.56. The molecule has 4 nitrogen and oxygen atoms in total. The molecule has 0 saturated carbocycles. The van der Waals surface area contributed by atoms with E-state index >= 15 is 0 Å². The largest absolute Gasteiger partial charge is 0.478 e. The predicted octanol–water partition coefficient (Wildman–Crippen LogP) is 1.40. The number of aromatic amines is 1. The molecular weight excluding hydrogens is 175 g/mol. The summed E-state index contributed by atoms with van der Waals surface area (Å²) < 4.78 is 13.0. The summed E-state index contributed by atoms with van der Waals surface area (Å²) in [5.74, 6) is -2.05. The molecule has 2 rings (SSSR count). The summed E-state index contributed by atoms with van der Waals surface area (Å²) in [6.45, 7) is 0. The number of hydrogen-bond donors (Lipinski definition) is 2. The molecule has 0 aliphatic rings. The van der Waals surface area contributed by atoms with E-state index in [1.165, 1.54) is 12.4 Å². The maximum Gasteiger partial charge on any atom is 0.338 e. The lowest BCUT2D eigenvalue weighted by Crippen LogP contribution is -1.99. The smallest absolute Gasteiger partial charge is 0.338 e. The number of benzene rings is 1. The van der Waals surface area contributed by atoms with Crippen LogP contribution in [0.15, 0.2) is 18.5 Å². The van der Waals surface area contributed by atoms with Gasteiger partial charge < -0.3 is 10.1 Å². The minimum absolute atomic E-state index is 0.361. The molecule has 1 aromatic heterocycles. The molecule has 0 amide bonds. The molecule has 1 heterocycles. The molecule has 0 aliphatic heterocycles. The van der Waals surface area contributed by atoms with E-state index in [9.17, 15) is 9.18 Å². The monoisotopic (exact) mass is 180 g/mol. The van der Waals surface area contributed by atoms with Gasteiger partial charge in [0, 0.05) is 6.07 Å². The van der Waals surface area contributed by atoms with Gasteiger partial charge in [-0.3, -0.25) is 0 Å². The number of H-pyrrole nitrogens is 1.